The summed E-state index contributed by atoms with van der Waals surface area (Å²) in [6, 6.07) is 0. The number of carbonyl (C=O) groups excluding carboxylic acids is 1. The van der Waals surface area contributed by atoms with Gasteiger partial charge in [-0.25, -0.2) is 9.97 Å². The van der Waals surface area contributed by atoms with Gasteiger partial charge in [-0.3, -0.25) is 4.79 Å². The van der Waals surface area contributed by atoms with Gasteiger partial charge in [0.2, 0.25) is 5.91 Å². The molecule has 0 aliphatic carbocycles. The molecule has 0 bridgehead atoms. The first-order chi connectivity index (χ1) is 6.26. The van der Waals surface area contributed by atoms with Crippen LogP contribution in [0.1, 0.15) is 0 Å². The minimum atomic E-state index is -0.262. The summed E-state index contributed by atoms with van der Waals surface area (Å²) in [4.78, 5) is 18.8. The topological polar surface area (TPSA) is 54.9 Å². The molecule has 0 aliphatic rings. The Bertz CT molecular complexity index is 290. The zero-order chi connectivity index (χ0) is 9.68. The smallest absolute Gasteiger partial charge is 0.239 e. The van der Waals surface area contributed by atoms with E-state index >= 15 is 0 Å². The molecule has 1 aromatic heterocycles. The highest BCUT2D eigenvalue weighted by atomic mass is 35.5. The van der Waals surface area contributed by atoms with Gasteiger partial charge in [0.15, 0.2) is 5.16 Å². The number of nitrogens with zero attached hydrogens (tertiary/aromatic N) is 2. The second kappa shape index (κ2) is 5.04. The minimum Gasteiger partial charge on any atom is -0.322 e. The maximum atomic E-state index is 10.8. The number of rotatable bonds is 3. The summed E-state index contributed by atoms with van der Waals surface area (Å²) in [6.45, 7) is 0. The number of aromatic nitrogens is 2. The van der Waals surface area contributed by atoms with Crippen molar-refractivity contribution in [2.24, 2.45) is 0 Å². The Morgan fingerprint density at radius 1 is 1.62 bits per heavy atom. The predicted molar refractivity (Wildman–Crippen MR) is 53.2 cm³/mol. The second-order valence-electron chi connectivity index (χ2n) is 2.14. The van der Waals surface area contributed by atoms with Crippen LogP contribution >= 0.6 is 23.4 Å². The van der Waals surface area contributed by atoms with Crippen molar-refractivity contribution in [1.82, 2.24) is 9.97 Å². The summed E-state index contributed by atoms with van der Waals surface area (Å²) < 4.78 is 0. The first-order valence-corrected chi connectivity index (χ1v) is 5.24. The van der Waals surface area contributed by atoms with E-state index in [9.17, 15) is 4.79 Å². The Morgan fingerprint density at radius 3 is 2.69 bits per heavy atom. The fraction of sp³-hybridized carbons (Fsp3) is 0.286. The maximum Gasteiger partial charge on any atom is 0.239 e. The summed E-state index contributed by atoms with van der Waals surface area (Å²) in [5.74, 6) is -0.327. The molecular weight excluding hydrogens is 210 g/mol. The van der Waals surface area contributed by atoms with Gasteiger partial charge in [-0.05, 0) is 6.26 Å². The van der Waals surface area contributed by atoms with E-state index in [-0.39, 0.29) is 11.8 Å². The highest BCUT2D eigenvalue weighted by Gasteiger charge is 2.00. The third kappa shape index (κ3) is 3.20. The lowest BCUT2D eigenvalue weighted by atomic mass is 10.5. The minimum absolute atomic E-state index is 0.0652. The zero-order valence-corrected chi connectivity index (χ0v) is 8.52. The van der Waals surface area contributed by atoms with Gasteiger partial charge in [0.05, 0.1) is 18.1 Å². The molecule has 1 amide bonds. The van der Waals surface area contributed by atoms with Crippen LogP contribution in [-0.4, -0.2) is 28.0 Å². The van der Waals surface area contributed by atoms with Gasteiger partial charge in [0.1, 0.15) is 5.88 Å². The summed E-state index contributed by atoms with van der Waals surface area (Å²) in [6.07, 6.45) is 4.97. The van der Waals surface area contributed by atoms with Crippen molar-refractivity contribution in [1.29, 1.82) is 0 Å². The van der Waals surface area contributed by atoms with E-state index < -0.39 is 0 Å². The molecule has 0 fully saturated rings. The number of nitrogens with one attached hydrogen (secondary N) is 1. The van der Waals surface area contributed by atoms with Gasteiger partial charge in [0.25, 0.3) is 0 Å². The number of carbonyl (C=O) groups is 1. The molecule has 0 spiro atoms. The molecular formula is C7H8ClN3OS. The van der Waals surface area contributed by atoms with E-state index in [1.165, 1.54) is 11.8 Å². The van der Waals surface area contributed by atoms with Gasteiger partial charge < -0.3 is 5.32 Å². The van der Waals surface area contributed by atoms with Gasteiger partial charge in [-0.2, -0.15) is 0 Å². The first kappa shape index (κ1) is 10.3. The highest BCUT2D eigenvalue weighted by molar-refractivity contribution is 7.98. The standard InChI is InChI=1S/C7H8ClN3OS/c1-13-7-9-3-5(4-10-7)11-6(12)2-8/h3-4H,2H2,1H3,(H,11,12). The molecule has 1 rings (SSSR count). The Labute approximate surface area is 85.1 Å². The van der Waals surface area contributed by atoms with E-state index in [1.807, 2.05) is 6.26 Å². The lowest BCUT2D eigenvalue weighted by Crippen LogP contribution is -2.12. The molecule has 6 heteroatoms. The highest BCUT2D eigenvalue weighted by Crippen LogP contribution is 2.09. The van der Waals surface area contributed by atoms with Crippen LogP contribution < -0.4 is 5.32 Å². The Kier molecular flexibility index (Phi) is 3.98. The number of thioether (sulfide) groups is 1. The molecule has 0 unspecified atom stereocenters. The van der Waals surface area contributed by atoms with Gasteiger partial charge in [0, 0.05) is 0 Å². The number of hydrogen-bond acceptors (Lipinski definition) is 4. The van der Waals surface area contributed by atoms with E-state index in [0.29, 0.717) is 10.8 Å². The van der Waals surface area contributed by atoms with E-state index in [0.717, 1.165) is 0 Å². The maximum absolute atomic E-state index is 10.8. The molecule has 0 aliphatic heterocycles. The fourth-order valence-corrected chi connectivity index (χ4v) is 1.06. The third-order valence-corrected chi connectivity index (χ3v) is 2.03. The van der Waals surface area contributed by atoms with Crippen LogP contribution in [0.15, 0.2) is 17.6 Å². The zero-order valence-electron chi connectivity index (χ0n) is 6.95. The van der Waals surface area contributed by atoms with Crippen molar-refractivity contribution in [3.05, 3.63) is 12.4 Å². The molecule has 1 heterocycles. The number of hydrogen-bond donors (Lipinski definition) is 1. The van der Waals surface area contributed by atoms with Crippen LogP contribution in [-0.2, 0) is 4.79 Å². The van der Waals surface area contributed by atoms with E-state index in [2.05, 4.69) is 15.3 Å². The molecule has 0 atom stereocenters. The second-order valence-corrected chi connectivity index (χ2v) is 3.18. The van der Waals surface area contributed by atoms with Crippen molar-refractivity contribution < 1.29 is 4.79 Å². The number of alkyl halides is 1. The lowest BCUT2D eigenvalue weighted by Gasteiger charge is -2.01. The summed E-state index contributed by atoms with van der Waals surface area (Å²) in [5, 5.41) is 3.21. The van der Waals surface area contributed by atoms with Gasteiger partial charge in [-0.1, -0.05) is 11.8 Å². The SMILES string of the molecule is CSc1ncc(NC(=O)CCl)cn1. The predicted octanol–water partition coefficient (Wildman–Crippen LogP) is 1.38. The molecule has 0 saturated carbocycles. The van der Waals surface area contributed by atoms with Crippen molar-refractivity contribution >= 4 is 35.0 Å². The molecule has 1 aromatic rings. The molecule has 1 N–H and O–H groups in total. The van der Waals surface area contributed by atoms with Crippen molar-refractivity contribution in [3.8, 4) is 0 Å². The van der Waals surface area contributed by atoms with Crippen LogP contribution in [0.2, 0.25) is 0 Å². The average Bonchev–Trinajstić information content (AvgIpc) is 2.19. The quantitative estimate of drug-likeness (QED) is 0.472. The van der Waals surface area contributed by atoms with Crippen LogP contribution in [0, 0.1) is 0 Å². The fourth-order valence-electron chi connectivity index (χ4n) is 0.681. The molecule has 0 saturated heterocycles. The van der Waals surface area contributed by atoms with Crippen molar-refractivity contribution in [2.75, 3.05) is 17.5 Å². The summed E-state index contributed by atoms with van der Waals surface area (Å²) >= 11 is 6.74. The van der Waals surface area contributed by atoms with Crippen LogP contribution in [0.5, 0.6) is 0 Å². The van der Waals surface area contributed by atoms with Crippen LogP contribution in [0.4, 0.5) is 5.69 Å². The van der Waals surface area contributed by atoms with Crippen LogP contribution in [0.25, 0.3) is 0 Å². The van der Waals surface area contributed by atoms with E-state index in [4.69, 9.17) is 11.6 Å². The molecule has 70 valence electrons. The van der Waals surface area contributed by atoms with E-state index in [1.54, 1.807) is 12.4 Å². The van der Waals surface area contributed by atoms with Crippen LogP contribution in [0.3, 0.4) is 0 Å². The number of halogens is 1. The summed E-state index contributed by atoms with van der Waals surface area (Å²) in [7, 11) is 0. The number of amides is 1. The Hall–Kier alpha value is -0.810. The van der Waals surface area contributed by atoms with Gasteiger partial charge in [-0.15, -0.1) is 11.6 Å². The normalized spacial score (nSPS) is 9.69. The van der Waals surface area contributed by atoms with Gasteiger partial charge >= 0.3 is 0 Å². The first-order valence-electron chi connectivity index (χ1n) is 3.48. The Morgan fingerprint density at radius 2 is 2.23 bits per heavy atom. The monoisotopic (exact) mass is 217 g/mol. The lowest BCUT2D eigenvalue weighted by molar-refractivity contribution is -0.113. The molecule has 0 aromatic carbocycles. The average molecular weight is 218 g/mol. The molecule has 0 radical (unpaired) electrons. The summed E-state index contributed by atoms with van der Waals surface area (Å²) in [5.41, 5.74) is 0.559. The van der Waals surface area contributed by atoms with Crippen molar-refractivity contribution in [2.45, 2.75) is 5.16 Å². The largest absolute Gasteiger partial charge is 0.322 e. The number of anilines is 1. The van der Waals surface area contributed by atoms with Crippen molar-refractivity contribution in [3.63, 3.8) is 0 Å². The third-order valence-electron chi connectivity index (χ3n) is 1.22. The Balaban J connectivity index is 2.64. The molecule has 4 nitrogen and oxygen atoms in total. The molecule has 13 heavy (non-hydrogen) atoms.